The quantitative estimate of drug-likeness (QED) is 0.371. The molecule has 0 atom stereocenters. The fourth-order valence-electron chi connectivity index (χ4n) is 3.24. The molecule has 0 radical (unpaired) electrons. The fraction of sp³-hybridized carbons (Fsp3) is 0.0800. The normalized spacial score (nSPS) is 10.8. The fourth-order valence-corrected chi connectivity index (χ4v) is 3.24. The Bertz CT molecular complexity index is 1090. The van der Waals surface area contributed by atoms with E-state index in [2.05, 4.69) is 34.1 Å². The number of rotatable bonds is 4. The summed E-state index contributed by atoms with van der Waals surface area (Å²) in [5.74, 6) is -1.24. The van der Waals surface area contributed by atoms with Crippen molar-refractivity contribution in [1.29, 1.82) is 0 Å². The Hall–Kier alpha value is -3.53. The zero-order valence-electron chi connectivity index (χ0n) is 16.2. The van der Waals surface area contributed by atoms with E-state index in [0.717, 1.165) is 23.1 Å². The van der Waals surface area contributed by atoms with Gasteiger partial charge in [0.05, 0.1) is 5.69 Å². The van der Waals surface area contributed by atoms with Crippen molar-refractivity contribution in [3.8, 4) is 11.3 Å². The van der Waals surface area contributed by atoms with Gasteiger partial charge in [-0.1, -0.05) is 35.4 Å². The van der Waals surface area contributed by atoms with Crippen molar-refractivity contribution in [2.24, 2.45) is 0 Å². The molecule has 29 heavy (non-hydrogen) atoms. The van der Waals surface area contributed by atoms with Gasteiger partial charge in [-0.05, 0) is 62.4 Å². The number of nitrogens with zero attached hydrogens (tertiary/aromatic N) is 2. The first kappa shape index (κ1) is 18.8. The van der Waals surface area contributed by atoms with Crippen LogP contribution in [0.15, 0.2) is 85.1 Å². The number of hydrogen-bond acceptors (Lipinski definition) is 2. The molecule has 4 rings (SSSR count). The minimum Gasteiger partial charge on any atom is -0.310 e. The molecular formula is C25H20F2N2. The average Bonchev–Trinajstić information content (AvgIpc) is 2.71. The summed E-state index contributed by atoms with van der Waals surface area (Å²) >= 11 is 0. The minimum atomic E-state index is -0.633. The molecule has 0 aliphatic rings. The smallest absolute Gasteiger partial charge is 0.135 e. The molecule has 0 saturated heterocycles. The van der Waals surface area contributed by atoms with Crippen molar-refractivity contribution >= 4 is 17.1 Å². The standard InChI is InChI=1S/C25H20F2N2/c1-17-3-8-20(9-4-17)29(21-10-5-18(2)6-11-21)22-13-14-28-25(16-22)23-12-7-19(26)15-24(23)27/h3-16H,1-2H3. The van der Waals surface area contributed by atoms with E-state index in [-0.39, 0.29) is 5.56 Å². The Labute approximate surface area is 169 Å². The van der Waals surface area contributed by atoms with Crippen molar-refractivity contribution in [3.05, 3.63) is 108 Å². The first-order chi connectivity index (χ1) is 14.0. The summed E-state index contributed by atoms with van der Waals surface area (Å²) in [4.78, 5) is 6.40. The van der Waals surface area contributed by atoms with Gasteiger partial charge in [0.15, 0.2) is 0 Å². The highest BCUT2D eigenvalue weighted by molar-refractivity contribution is 5.78. The lowest BCUT2D eigenvalue weighted by Gasteiger charge is -2.26. The third-order valence-electron chi connectivity index (χ3n) is 4.79. The Balaban J connectivity index is 1.84. The predicted molar refractivity (Wildman–Crippen MR) is 114 cm³/mol. The first-order valence-corrected chi connectivity index (χ1v) is 9.36. The van der Waals surface area contributed by atoms with Crippen LogP contribution < -0.4 is 4.90 Å². The van der Waals surface area contributed by atoms with Gasteiger partial charge in [-0.25, -0.2) is 8.78 Å². The highest BCUT2D eigenvalue weighted by atomic mass is 19.1. The second kappa shape index (κ2) is 7.84. The molecule has 4 aromatic rings. The molecule has 144 valence electrons. The summed E-state index contributed by atoms with van der Waals surface area (Å²) in [6.45, 7) is 4.09. The molecule has 0 aliphatic carbocycles. The van der Waals surface area contributed by atoms with Crippen molar-refractivity contribution < 1.29 is 8.78 Å². The summed E-state index contributed by atoms with van der Waals surface area (Å²) in [5.41, 5.74) is 5.85. The van der Waals surface area contributed by atoms with E-state index in [1.54, 1.807) is 6.20 Å². The van der Waals surface area contributed by atoms with E-state index >= 15 is 0 Å². The lowest BCUT2D eigenvalue weighted by atomic mass is 10.1. The van der Waals surface area contributed by atoms with Crippen LogP contribution in [0.2, 0.25) is 0 Å². The average molecular weight is 386 g/mol. The van der Waals surface area contributed by atoms with E-state index in [1.165, 1.54) is 23.3 Å². The predicted octanol–water partition coefficient (Wildman–Crippen LogP) is 7.11. The molecule has 0 amide bonds. The Kier molecular flexibility index (Phi) is 5.09. The van der Waals surface area contributed by atoms with Crippen molar-refractivity contribution in [2.75, 3.05) is 4.90 Å². The maximum atomic E-state index is 14.3. The van der Waals surface area contributed by atoms with Crippen LogP contribution in [-0.4, -0.2) is 4.98 Å². The van der Waals surface area contributed by atoms with E-state index in [0.29, 0.717) is 5.69 Å². The van der Waals surface area contributed by atoms with Crippen LogP contribution in [0.1, 0.15) is 11.1 Å². The molecule has 0 unspecified atom stereocenters. The molecule has 3 aromatic carbocycles. The van der Waals surface area contributed by atoms with Crippen molar-refractivity contribution in [1.82, 2.24) is 4.98 Å². The lowest BCUT2D eigenvalue weighted by Crippen LogP contribution is -2.10. The van der Waals surface area contributed by atoms with E-state index in [9.17, 15) is 8.78 Å². The van der Waals surface area contributed by atoms with Crippen LogP contribution in [0.3, 0.4) is 0 Å². The van der Waals surface area contributed by atoms with Crippen LogP contribution in [0.5, 0.6) is 0 Å². The van der Waals surface area contributed by atoms with Crippen molar-refractivity contribution in [3.63, 3.8) is 0 Å². The summed E-state index contributed by atoms with van der Waals surface area (Å²) in [7, 11) is 0. The molecule has 2 nitrogen and oxygen atoms in total. The second-order valence-electron chi connectivity index (χ2n) is 7.03. The molecule has 0 saturated carbocycles. The van der Waals surface area contributed by atoms with Gasteiger partial charge >= 0.3 is 0 Å². The third-order valence-corrected chi connectivity index (χ3v) is 4.79. The largest absolute Gasteiger partial charge is 0.310 e. The van der Waals surface area contributed by atoms with E-state index in [1.807, 2.05) is 50.2 Å². The van der Waals surface area contributed by atoms with Crippen LogP contribution in [-0.2, 0) is 0 Å². The highest BCUT2D eigenvalue weighted by Crippen LogP contribution is 2.36. The summed E-state index contributed by atoms with van der Waals surface area (Å²) in [6, 6.07) is 23.6. The van der Waals surface area contributed by atoms with Gasteiger partial charge < -0.3 is 4.90 Å². The molecule has 0 spiro atoms. The first-order valence-electron chi connectivity index (χ1n) is 9.36. The van der Waals surface area contributed by atoms with Gasteiger partial charge in [0.1, 0.15) is 11.6 Å². The van der Waals surface area contributed by atoms with Crippen LogP contribution in [0.25, 0.3) is 11.3 Å². The van der Waals surface area contributed by atoms with Gasteiger partial charge in [0.2, 0.25) is 0 Å². The molecule has 0 fully saturated rings. The molecular weight excluding hydrogens is 366 g/mol. The van der Waals surface area contributed by atoms with Crippen LogP contribution >= 0.6 is 0 Å². The van der Waals surface area contributed by atoms with Crippen molar-refractivity contribution in [2.45, 2.75) is 13.8 Å². The number of halogens is 2. The van der Waals surface area contributed by atoms with Gasteiger partial charge in [0, 0.05) is 34.9 Å². The number of aromatic nitrogens is 1. The zero-order valence-corrected chi connectivity index (χ0v) is 16.2. The zero-order chi connectivity index (χ0) is 20.4. The molecule has 0 aliphatic heterocycles. The Morgan fingerprint density at radius 1 is 0.655 bits per heavy atom. The summed E-state index contributed by atoms with van der Waals surface area (Å²) in [6.07, 6.45) is 1.64. The number of anilines is 3. The molecule has 1 aromatic heterocycles. The Morgan fingerprint density at radius 2 is 1.24 bits per heavy atom. The number of hydrogen-bond donors (Lipinski definition) is 0. The molecule has 0 bridgehead atoms. The Morgan fingerprint density at radius 3 is 1.79 bits per heavy atom. The highest BCUT2D eigenvalue weighted by Gasteiger charge is 2.15. The summed E-state index contributed by atoms with van der Waals surface area (Å²) < 4.78 is 27.6. The van der Waals surface area contributed by atoms with E-state index in [4.69, 9.17) is 0 Å². The topological polar surface area (TPSA) is 16.1 Å². The number of pyridine rings is 1. The van der Waals surface area contributed by atoms with Gasteiger partial charge in [-0.2, -0.15) is 0 Å². The number of aryl methyl sites for hydroxylation is 2. The minimum absolute atomic E-state index is 0.265. The molecule has 4 heteroatoms. The van der Waals surface area contributed by atoms with Gasteiger partial charge in [-0.15, -0.1) is 0 Å². The van der Waals surface area contributed by atoms with Gasteiger partial charge in [-0.3, -0.25) is 4.98 Å². The van der Waals surface area contributed by atoms with Crippen LogP contribution in [0.4, 0.5) is 25.8 Å². The number of benzene rings is 3. The SMILES string of the molecule is Cc1ccc(N(c2ccc(C)cc2)c2ccnc(-c3ccc(F)cc3F)c2)cc1. The van der Waals surface area contributed by atoms with Crippen LogP contribution in [0, 0.1) is 25.5 Å². The molecule has 1 heterocycles. The van der Waals surface area contributed by atoms with Gasteiger partial charge in [0.25, 0.3) is 0 Å². The monoisotopic (exact) mass is 386 g/mol. The third kappa shape index (κ3) is 4.02. The maximum Gasteiger partial charge on any atom is 0.135 e. The lowest BCUT2D eigenvalue weighted by molar-refractivity contribution is 0.585. The second-order valence-corrected chi connectivity index (χ2v) is 7.03. The van der Waals surface area contributed by atoms with E-state index < -0.39 is 11.6 Å². The maximum absolute atomic E-state index is 14.3. The summed E-state index contributed by atoms with van der Waals surface area (Å²) in [5, 5.41) is 0. The molecule has 0 N–H and O–H groups in total.